The van der Waals surface area contributed by atoms with Gasteiger partial charge in [-0.1, -0.05) is 6.92 Å². The molecule has 1 aromatic heterocycles. The molecule has 1 unspecified atom stereocenters. The Hall–Kier alpha value is -1.43. The zero-order valence-corrected chi connectivity index (χ0v) is 8.61. The van der Waals surface area contributed by atoms with Gasteiger partial charge in [-0.15, -0.1) is 0 Å². The molecule has 1 amide bonds. The summed E-state index contributed by atoms with van der Waals surface area (Å²) in [4.78, 5) is 15.3. The predicted octanol–water partition coefficient (Wildman–Crippen LogP) is -0.479. The molecule has 0 saturated carbocycles. The first-order valence-corrected chi connectivity index (χ1v) is 4.43. The molecule has 0 aromatic carbocycles. The number of amides is 1. The lowest BCUT2D eigenvalue weighted by Gasteiger charge is -2.09. The number of hydrogen-bond acceptors (Lipinski definition) is 4. The first-order valence-electron chi connectivity index (χ1n) is 4.43. The number of hydrogen-bond donors (Lipinski definition) is 2. The Bertz CT molecular complexity index is 332. The second-order valence-corrected chi connectivity index (χ2v) is 3.30. The number of carbonyl (C=O) groups excluding carboxylic acids is 1. The molecule has 1 rings (SSSR count). The van der Waals surface area contributed by atoms with Crippen LogP contribution in [0.3, 0.4) is 0 Å². The van der Waals surface area contributed by atoms with Gasteiger partial charge < -0.3 is 0 Å². The first kappa shape index (κ1) is 10.6. The maximum absolute atomic E-state index is 11.1. The Morgan fingerprint density at radius 2 is 2.29 bits per heavy atom. The van der Waals surface area contributed by atoms with Crippen LogP contribution in [-0.2, 0) is 11.3 Å². The highest BCUT2D eigenvalue weighted by atomic mass is 16.2. The van der Waals surface area contributed by atoms with Crippen LogP contribution < -0.4 is 11.3 Å². The van der Waals surface area contributed by atoms with Gasteiger partial charge in [0.05, 0.1) is 12.5 Å². The second kappa shape index (κ2) is 4.19. The zero-order chi connectivity index (χ0) is 10.7. The van der Waals surface area contributed by atoms with Gasteiger partial charge in [-0.3, -0.25) is 10.2 Å². The lowest BCUT2D eigenvalue weighted by Crippen LogP contribution is -2.36. The molecule has 14 heavy (non-hydrogen) atoms. The van der Waals surface area contributed by atoms with Crippen molar-refractivity contribution in [2.45, 2.75) is 27.3 Å². The van der Waals surface area contributed by atoms with E-state index in [-0.39, 0.29) is 11.8 Å². The van der Waals surface area contributed by atoms with E-state index >= 15 is 0 Å². The Labute approximate surface area is 82.5 Å². The van der Waals surface area contributed by atoms with Crippen molar-refractivity contribution in [2.75, 3.05) is 0 Å². The number of aromatic nitrogens is 3. The molecule has 1 heterocycles. The summed E-state index contributed by atoms with van der Waals surface area (Å²) in [6.07, 6.45) is 0. The summed E-state index contributed by atoms with van der Waals surface area (Å²) < 4.78 is 1.70. The van der Waals surface area contributed by atoms with E-state index in [9.17, 15) is 4.79 Å². The van der Waals surface area contributed by atoms with E-state index < -0.39 is 0 Å². The molecule has 1 atom stereocenters. The van der Waals surface area contributed by atoms with E-state index in [0.717, 1.165) is 5.82 Å². The van der Waals surface area contributed by atoms with Gasteiger partial charge in [0.25, 0.3) is 0 Å². The molecule has 0 radical (unpaired) electrons. The molecule has 3 N–H and O–H groups in total. The highest BCUT2D eigenvalue weighted by molar-refractivity contribution is 5.77. The molecule has 0 bridgehead atoms. The number of rotatable bonds is 3. The average molecular weight is 197 g/mol. The molecule has 0 aliphatic heterocycles. The largest absolute Gasteiger partial charge is 0.294 e. The van der Waals surface area contributed by atoms with Gasteiger partial charge in [0.2, 0.25) is 5.91 Å². The summed E-state index contributed by atoms with van der Waals surface area (Å²) in [5.74, 6) is 6.14. The smallest absolute Gasteiger partial charge is 0.238 e. The Balaban J connectivity index is 2.69. The Kier molecular flexibility index (Phi) is 3.19. The summed E-state index contributed by atoms with van der Waals surface area (Å²) in [6, 6.07) is 0. The van der Waals surface area contributed by atoms with Crippen LogP contribution >= 0.6 is 0 Å². The van der Waals surface area contributed by atoms with Gasteiger partial charge >= 0.3 is 0 Å². The minimum Gasteiger partial charge on any atom is -0.294 e. The molecule has 6 heteroatoms. The third kappa shape index (κ3) is 2.29. The van der Waals surface area contributed by atoms with Crippen molar-refractivity contribution >= 4 is 5.91 Å². The van der Waals surface area contributed by atoms with E-state index in [2.05, 4.69) is 15.5 Å². The Morgan fingerprint density at radius 3 is 2.71 bits per heavy atom. The molecule has 78 valence electrons. The summed E-state index contributed by atoms with van der Waals surface area (Å²) in [7, 11) is 0. The fourth-order valence-electron chi connectivity index (χ4n) is 1.22. The first-order chi connectivity index (χ1) is 6.54. The van der Waals surface area contributed by atoms with Gasteiger partial charge in [-0.05, 0) is 13.8 Å². The fraction of sp³-hybridized carbons (Fsp3) is 0.625. The lowest BCUT2D eigenvalue weighted by molar-refractivity contribution is -0.125. The van der Waals surface area contributed by atoms with Crippen molar-refractivity contribution in [2.24, 2.45) is 11.8 Å². The second-order valence-electron chi connectivity index (χ2n) is 3.30. The highest BCUT2D eigenvalue weighted by Gasteiger charge is 2.14. The maximum Gasteiger partial charge on any atom is 0.238 e. The third-order valence-electron chi connectivity index (χ3n) is 2.00. The zero-order valence-electron chi connectivity index (χ0n) is 8.61. The van der Waals surface area contributed by atoms with Crippen LogP contribution in [0, 0.1) is 19.8 Å². The SMILES string of the molecule is Cc1nc(C)n(CC(C)C(=O)NN)n1. The molecular formula is C8H15N5O. The van der Waals surface area contributed by atoms with Crippen molar-refractivity contribution < 1.29 is 4.79 Å². The van der Waals surface area contributed by atoms with Crippen molar-refractivity contribution in [3.05, 3.63) is 11.6 Å². The molecule has 0 aliphatic rings. The van der Waals surface area contributed by atoms with Crippen molar-refractivity contribution in [3.63, 3.8) is 0 Å². The normalized spacial score (nSPS) is 12.6. The van der Waals surface area contributed by atoms with Gasteiger partial charge in [-0.25, -0.2) is 15.5 Å². The van der Waals surface area contributed by atoms with Gasteiger partial charge in [0, 0.05) is 0 Å². The van der Waals surface area contributed by atoms with Crippen LogP contribution in [0.1, 0.15) is 18.6 Å². The molecular weight excluding hydrogens is 182 g/mol. The van der Waals surface area contributed by atoms with E-state index in [1.807, 2.05) is 13.8 Å². The topological polar surface area (TPSA) is 85.8 Å². The number of carbonyl (C=O) groups is 1. The van der Waals surface area contributed by atoms with Crippen molar-refractivity contribution in [1.29, 1.82) is 0 Å². The molecule has 0 aliphatic carbocycles. The minimum atomic E-state index is -0.209. The fourth-order valence-corrected chi connectivity index (χ4v) is 1.22. The Morgan fingerprint density at radius 1 is 1.64 bits per heavy atom. The summed E-state index contributed by atoms with van der Waals surface area (Å²) in [5, 5.41) is 4.15. The van der Waals surface area contributed by atoms with Crippen LogP contribution in [0.25, 0.3) is 0 Å². The quantitative estimate of drug-likeness (QED) is 0.389. The van der Waals surface area contributed by atoms with E-state index in [1.165, 1.54) is 0 Å². The number of nitrogens with zero attached hydrogens (tertiary/aromatic N) is 3. The maximum atomic E-state index is 11.1. The molecule has 6 nitrogen and oxygen atoms in total. The van der Waals surface area contributed by atoms with Crippen LogP contribution in [-0.4, -0.2) is 20.7 Å². The minimum absolute atomic E-state index is 0.197. The summed E-state index contributed by atoms with van der Waals surface area (Å²) in [5.41, 5.74) is 2.11. The van der Waals surface area contributed by atoms with Gasteiger partial charge in [0.15, 0.2) is 0 Å². The molecule has 0 saturated heterocycles. The highest BCUT2D eigenvalue weighted by Crippen LogP contribution is 2.02. The third-order valence-corrected chi connectivity index (χ3v) is 2.00. The van der Waals surface area contributed by atoms with E-state index in [0.29, 0.717) is 12.4 Å². The molecule has 0 spiro atoms. The molecule has 1 aromatic rings. The van der Waals surface area contributed by atoms with Crippen LogP contribution in [0.5, 0.6) is 0 Å². The van der Waals surface area contributed by atoms with Crippen LogP contribution in [0.15, 0.2) is 0 Å². The standard InChI is InChI=1S/C8H15N5O/c1-5(8(14)11-9)4-13-7(3)10-6(2)12-13/h5H,4,9H2,1-3H3,(H,11,14). The predicted molar refractivity (Wildman–Crippen MR) is 51.0 cm³/mol. The monoisotopic (exact) mass is 197 g/mol. The summed E-state index contributed by atoms with van der Waals surface area (Å²) in [6.45, 7) is 5.96. The summed E-state index contributed by atoms with van der Waals surface area (Å²) >= 11 is 0. The number of nitrogens with one attached hydrogen (secondary N) is 1. The average Bonchev–Trinajstić information content (AvgIpc) is 2.44. The number of aryl methyl sites for hydroxylation is 2. The van der Waals surface area contributed by atoms with Crippen molar-refractivity contribution in [1.82, 2.24) is 20.2 Å². The van der Waals surface area contributed by atoms with E-state index in [4.69, 9.17) is 5.84 Å². The van der Waals surface area contributed by atoms with Gasteiger partial charge in [-0.2, -0.15) is 5.10 Å². The van der Waals surface area contributed by atoms with Crippen molar-refractivity contribution in [3.8, 4) is 0 Å². The van der Waals surface area contributed by atoms with Gasteiger partial charge in [0.1, 0.15) is 11.6 Å². The van der Waals surface area contributed by atoms with E-state index in [1.54, 1.807) is 11.6 Å². The lowest BCUT2D eigenvalue weighted by atomic mass is 10.2. The van der Waals surface area contributed by atoms with Crippen LogP contribution in [0.4, 0.5) is 0 Å². The number of hydrazine groups is 1. The number of nitrogens with two attached hydrogens (primary N) is 1. The molecule has 0 fully saturated rings. The van der Waals surface area contributed by atoms with Crippen LogP contribution in [0.2, 0.25) is 0 Å².